The molecule has 0 radical (unpaired) electrons. The first-order chi connectivity index (χ1) is 12.3. The molecule has 1 fully saturated rings. The first kappa shape index (κ1) is 17.9. The molecule has 3 rings (SSSR count). The van der Waals surface area contributed by atoms with Gasteiger partial charge in [0.15, 0.2) is 0 Å². The zero-order valence-electron chi connectivity index (χ0n) is 15.1. The topological polar surface area (TPSA) is 88.8 Å². The zero-order chi connectivity index (χ0) is 18.9. The Morgan fingerprint density at radius 2 is 1.88 bits per heavy atom. The van der Waals surface area contributed by atoms with E-state index in [9.17, 15) is 14.9 Å². The molecule has 8 heteroatoms. The summed E-state index contributed by atoms with van der Waals surface area (Å²) in [4.78, 5) is 31.0. The van der Waals surface area contributed by atoms with Gasteiger partial charge in [-0.05, 0) is 39.0 Å². The Morgan fingerprint density at radius 3 is 2.50 bits per heavy atom. The molecule has 0 saturated carbocycles. The maximum Gasteiger partial charge on any atom is 0.410 e. The molecular formula is C18H22N4O4. The Kier molecular flexibility index (Phi) is 4.67. The number of benzene rings is 1. The number of hydrogen-bond acceptors (Lipinski definition) is 6. The van der Waals surface area contributed by atoms with Crippen molar-refractivity contribution in [3.8, 4) is 0 Å². The highest BCUT2D eigenvalue weighted by Gasteiger charge is 2.27. The standard InChI is InChI=1S/C18H22N4O4/c1-18(2,3)26-17(23)21-11-9-20(10-12-21)14-6-7-15(22(24)25)16-13(14)5-4-8-19-16/h4-8H,9-12H2,1-3H3. The number of fused-ring (bicyclic) bond motifs is 1. The maximum absolute atomic E-state index is 12.2. The molecular weight excluding hydrogens is 336 g/mol. The van der Waals surface area contributed by atoms with Gasteiger partial charge in [0.2, 0.25) is 0 Å². The normalized spacial score (nSPS) is 15.2. The summed E-state index contributed by atoms with van der Waals surface area (Å²) in [6.45, 7) is 7.86. The van der Waals surface area contributed by atoms with E-state index in [0.717, 1.165) is 11.1 Å². The quantitative estimate of drug-likeness (QED) is 0.605. The van der Waals surface area contributed by atoms with Crippen LogP contribution >= 0.6 is 0 Å². The second kappa shape index (κ2) is 6.78. The molecule has 26 heavy (non-hydrogen) atoms. The number of anilines is 1. The van der Waals surface area contributed by atoms with E-state index in [1.807, 2.05) is 26.8 Å². The number of piperazine rings is 1. The van der Waals surface area contributed by atoms with Gasteiger partial charge >= 0.3 is 6.09 Å². The summed E-state index contributed by atoms with van der Waals surface area (Å²) in [6.07, 6.45) is 1.24. The van der Waals surface area contributed by atoms with Crippen LogP contribution in [0.4, 0.5) is 16.2 Å². The van der Waals surface area contributed by atoms with Gasteiger partial charge in [-0.15, -0.1) is 0 Å². The van der Waals surface area contributed by atoms with Crippen LogP contribution in [0.5, 0.6) is 0 Å². The second-order valence-electron chi connectivity index (χ2n) is 7.21. The fraction of sp³-hybridized carbons (Fsp3) is 0.444. The third-order valence-corrected chi connectivity index (χ3v) is 4.19. The number of aromatic nitrogens is 1. The average molecular weight is 358 g/mol. The molecule has 2 aromatic rings. The van der Waals surface area contributed by atoms with Gasteiger partial charge < -0.3 is 14.5 Å². The molecule has 0 unspecified atom stereocenters. The Balaban J connectivity index is 1.79. The summed E-state index contributed by atoms with van der Waals surface area (Å²) in [5.41, 5.74) is 0.748. The molecule has 1 aromatic carbocycles. The molecule has 0 spiro atoms. The van der Waals surface area contributed by atoms with Crippen LogP contribution in [0.2, 0.25) is 0 Å². The molecule has 0 atom stereocenters. The van der Waals surface area contributed by atoms with Gasteiger partial charge in [-0.2, -0.15) is 0 Å². The summed E-state index contributed by atoms with van der Waals surface area (Å²) in [5.74, 6) is 0. The molecule has 1 aliphatic heterocycles. The van der Waals surface area contributed by atoms with Crippen LogP contribution in [-0.2, 0) is 4.74 Å². The number of nitro benzene ring substituents is 1. The van der Waals surface area contributed by atoms with E-state index < -0.39 is 10.5 Å². The van der Waals surface area contributed by atoms with E-state index >= 15 is 0 Å². The lowest BCUT2D eigenvalue weighted by Gasteiger charge is -2.37. The van der Waals surface area contributed by atoms with Gasteiger partial charge in [-0.1, -0.05) is 0 Å². The van der Waals surface area contributed by atoms with Gasteiger partial charge in [-0.25, -0.2) is 9.78 Å². The number of ether oxygens (including phenoxy) is 1. The van der Waals surface area contributed by atoms with Crippen LogP contribution in [-0.4, -0.2) is 52.7 Å². The second-order valence-corrected chi connectivity index (χ2v) is 7.21. The van der Waals surface area contributed by atoms with Crippen molar-refractivity contribution in [3.05, 3.63) is 40.6 Å². The van der Waals surface area contributed by atoms with E-state index in [1.54, 1.807) is 23.2 Å². The van der Waals surface area contributed by atoms with Crippen molar-refractivity contribution in [2.45, 2.75) is 26.4 Å². The van der Waals surface area contributed by atoms with Crippen LogP contribution in [0.3, 0.4) is 0 Å². The van der Waals surface area contributed by atoms with Crippen molar-refractivity contribution in [1.29, 1.82) is 0 Å². The molecule has 0 N–H and O–H groups in total. The Hall–Kier alpha value is -2.90. The summed E-state index contributed by atoms with van der Waals surface area (Å²) >= 11 is 0. The average Bonchev–Trinajstić information content (AvgIpc) is 2.59. The van der Waals surface area contributed by atoms with Gasteiger partial charge in [-0.3, -0.25) is 10.1 Å². The smallest absolute Gasteiger partial charge is 0.410 e. The fourth-order valence-electron chi connectivity index (χ4n) is 3.02. The molecule has 138 valence electrons. The number of non-ortho nitro benzene ring substituents is 1. The van der Waals surface area contributed by atoms with Crippen LogP contribution < -0.4 is 4.90 Å². The molecule has 0 aliphatic carbocycles. The monoisotopic (exact) mass is 358 g/mol. The minimum absolute atomic E-state index is 0.00302. The van der Waals surface area contributed by atoms with Gasteiger partial charge in [0.05, 0.1) is 4.92 Å². The minimum atomic E-state index is -0.519. The number of rotatable bonds is 2. The Bertz CT molecular complexity index is 839. The summed E-state index contributed by atoms with van der Waals surface area (Å²) in [7, 11) is 0. The lowest BCUT2D eigenvalue weighted by Crippen LogP contribution is -2.50. The highest BCUT2D eigenvalue weighted by molar-refractivity contribution is 5.97. The van der Waals surface area contributed by atoms with Crippen molar-refractivity contribution in [3.63, 3.8) is 0 Å². The lowest BCUT2D eigenvalue weighted by atomic mass is 10.1. The molecule has 0 bridgehead atoms. The minimum Gasteiger partial charge on any atom is -0.444 e. The van der Waals surface area contributed by atoms with Gasteiger partial charge in [0, 0.05) is 49.5 Å². The van der Waals surface area contributed by atoms with Gasteiger partial charge in [0.25, 0.3) is 5.69 Å². The van der Waals surface area contributed by atoms with Gasteiger partial charge in [0.1, 0.15) is 11.1 Å². The lowest BCUT2D eigenvalue weighted by molar-refractivity contribution is -0.383. The largest absolute Gasteiger partial charge is 0.444 e. The highest BCUT2D eigenvalue weighted by atomic mass is 16.6. The van der Waals surface area contributed by atoms with E-state index in [0.29, 0.717) is 31.7 Å². The van der Waals surface area contributed by atoms with Crippen LogP contribution in [0.15, 0.2) is 30.5 Å². The predicted molar refractivity (Wildman–Crippen MR) is 98.4 cm³/mol. The number of hydrogen-bond donors (Lipinski definition) is 0. The molecule has 1 aromatic heterocycles. The number of carbonyl (C=O) groups excluding carboxylic acids is 1. The molecule has 1 amide bonds. The Morgan fingerprint density at radius 1 is 1.19 bits per heavy atom. The highest BCUT2D eigenvalue weighted by Crippen LogP contribution is 2.32. The van der Waals surface area contributed by atoms with Crippen molar-refractivity contribution in [2.75, 3.05) is 31.1 Å². The summed E-state index contributed by atoms with van der Waals surface area (Å²) in [5, 5.41) is 12.0. The van der Waals surface area contributed by atoms with Crippen LogP contribution in [0.25, 0.3) is 10.9 Å². The Labute approximate surface area is 151 Å². The number of amides is 1. The van der Waals surface area contributed by atoms with Crippen LogP contribution in [0.1, 0.15) is 20.8 Å². The van der Waals surface area contributed by atoms with Crippen molar-refractivity contribution < 1.29 is 14.5 Å². The van der Waals surface area contributed by atoms with Crippen molar-refractivity contribution >= 4 is 28.4 Å². The number of nitrogens with zero attached hydrogens (tertiary/aromatic N) is 4. The molecule has 1 saturated heterocycles. The van der Waals surface area contributed by atoms with E-state index in [-0.39, 0.29) is 11.8 Å². The van der Waals surface area contributed by atoms with Crippen LogP contribution in [0, 0.1) is 10.1 Å². The van der Waals surface area contributed by atoms with E-state index in [1.165, 1.54) is 6.07 Å². The van der Waals surface area contributed by atoms with Crippen molar-refractivity contribution in [1.82, 2.24) is 9.88 Å². The third-order valence-electron chi connectivity index (χ3n) is 4.19. The SMILES string of the molecule is CC(C)(C)OC(=O)N1CCN(c2ccc([N+](=O)[O-])c3ncccc23)CC1. The zero-order valence-corrected chi connectivity index (χ0v) is 15.1. The predicted octanol–water partition coefficient (Wildman–Crippen LogP) is 3.20. The first-order valence-corrected chi connectivity index (χ1v) is 8.51. The maximum atomic E-state index is 12.2. The molecule has 2 heterocycles. The number of pyridine rings is 1. The number of nitro groups is 1. The number of carbonyl (C=O) groups is 1. The van der Waals surface area contributed by atoms with Crippen molar-refractivity contribution in [2.24, 2.45) is 0 Å². The van der Waals surface area contributed by atoms with E-state index in [4.69, 9.17) is 4.74 Å². The molecule has 8 nitrogen and oxygen atoms in total. The summed E-state index contributed by atoms with van der Waals surface area (Å²) in [6, 6.07) is 6.85. The van der Waals surface area contributed by atoms with E-state index in [2.05, 4.69) is 9.88 Å². The first-order valence-electron chi connectivity index (χ1n) is 8.51. The fourth-order valence-corrected chi connectivity index (χ4v) is 3.02. The third kappa shape index (κ3) is 3.68. The molecule has 1 aliphatic rings. The summed E-state index contributed by atoms with van der Waals surface area (Å²) < 4.78 is 5.41.